The van der Waals surface area contributed by atoms with Gasteiger partial charge in [-0.1, -0.05) is 72.8 Å². The maximum Gasteiger partial charge on any atom is 0.414 e. The standard InChI is InChI=1S/C34H32N8O8S2/c1-2-49-27(44)20-41(18-17-36-52(47,48)34-37-24-15-9-10-16-25(24)51-34)26(43)19-42-21-35-30-28(42)31(45)39-32(38-30)40-33(46)50-29(22-11-5-3-6-12-22)23-13-7-4-8-14-23/h3-16,21,29,36H,2,17-20H2,1H3,(H2,38,39,40,45,46). The number of H-pyrrole nitrogens is 1. The summed E-state index contributed by atoms with van der Waals surface area (Å²) in [5, 5.41) is 2.44. The van der Waals surface area contributed by atoms with Crippen molar-refractivity contribution in [2.45, 2.75) is 23.9 Å². The molecule has 0 aliphatic heterocycles. The molecule has 0 atom stereocenters. The summed E-state index contributed by atoms with van der Waals surface area (Å²) in [5.74, 6) is -1.57. The van der Waals surface area contributed by atoms with Crippen molar-refractivity contribution in [3.05, 3.63) is 113 Å². The summed E-state index contributed by atoms with van der Waals surface area (Å²) >= 11 is 1.00. The normalized spacial score (nSPS) is 11.5. The fourth-order valence-corrected chi connectivity index (χ4v) is 7.51. The van der Waals surface area contributed by atoms with Crippen molar-refractivity contribution in [2.24, 2.45) is 0 Å². The number of aromatic amines is 1. The Morgan fingerprint density at radius 3 is 2.31 bits per heavy atom. The summed E-state index contributed by atoms with van der Waals surface area (Å²) in [6.07, 6.45) is -0.418. The van der Waals surface area contributed by atoms with Crippen LogP contribution < -0.4 is 15.6 Å². The number of thiazole rings is 1. The van der Waals surface area contributed by atoms with Crippen molar-refractivity contribution in [1.29, 1.82) is 0 Å². The second-order valence-corrected chi connectivity index (χ2v) is 14.1. The molecule has 0 saturated heterocycles. The maximum absolute atomic E-state index is 13.5. The lowest BCUT2D eigenvalue weighted by atomic mass is 10.0. The molecule has 268 valence electrons. The molecule has 3 heterocycles. The molecule has 18 heteroatoms. The predicted octanol–water partition coefficient (Wildman–Crippen LogP) is 3.44. The zero-order chi connectivity index (χ0) is 36.7. The molecule has 0 bridgehead atoms. The van der Waals surface area contributed by atoms with E-state index in [1.165, 1.54) is 10.9 Å². The van der Waals surface area contributed by atoms with Gasteiger partial charge in [0.2, 0.25) is 16.2 Å². The highest BCUT2D eigenvalue weighted by Gasteiger charge is 2.24. The highest BCUT2D eigenvalue weighted by atomic mass is 32.2. The van der Waals surface area contributed by atoms with Crippen LogP contribution >= 0.6 is 11.3 Å². The molecule has 0 aliphatic rings. The summed E-state index contributed by atoms with van der Waals surface area (Å²) in [4.78, 5) is 68.1. The Balaban J connectivity index is 1.14. The van der Waals surface area contributed by atoms with Gasteiger partial charge in [-0.3, -0.25) is 24.7 Å². The van der Waals surface area contributed by atoms with Crippen LogP contribution in [0.5, 0.6) is 0 Å². The van der Waals surface area contributed by atoms with E-state index in [4.69, 9.17) is 9.47 Å². The van der Waals surface area contributed by atoms with Crippen molar-refractivity contribution in [3.8, 4) is 0 Å². The summed E-state index contributed by atoms with van der Waals surface area (Å²) in [6.45, 7) is 0.320. The second kappa shape index (κ2) is 15.9. The van der Waals surface area contributed by atoms with Crippen LogP contribution in [0.4, 0.5) is 10.7 Å². The van der Waals surface area contributed by atoms with Crippen LogP contribution in [0.25, 0.3) is 21.4 Å². The zero-order valence-corrected chi connectivity index (χ0v) is 29.2. The van der Waals surface area contributed by atoms with Crippen LogP contribution in [0, 0.1) is 0 Å². The molecule has 0 fully saturated rings. The molecule has 3 N–H and O–H groups in total. The predicted molar refractivity (Wildman–Crippen MR) is 191 cm³/mol. The van der Waals surface area contributed by atoms with Gasteiger partial charge >= 0.3 is 12.1 Å². The lowest BCUT2D eigenvalue weighted by molar-refractivity contribution is -0.149. The number of esters is 1. The number of carbonyl (C=O) groups is 3. The SMILES string of the molecule is CCOC(=O)CN(CCNS(=O)(=O)c1nc2ccccc2s1)C(=O)Cn1cnc2nc(NC(=O)OC(c3ccccc3)c3ccccc3)[nH]c(=O)c21. The van der Waals surface area contributed by atoms with Crippen molar-refractivity contribution in [3.63, 3.8) is 0 Å². The lowest BCUT2D eigenvalue weighted by Crippen LogP contribution is -2.43. The second-order valence-electron chi connectivity index (χ2n) is 11.2. The maximum atomic E-state index is 13.5. The summed E-state index contributed by atoms with van der Waals surface area (Å²) in [6, 6.07) is 25.2. The van der Waals surface area contributed by atoms with E-state index in [9.17, 15) is 27.6 Å². The fourth-order valence-electron chi connectivity index (χ4n) is 5.23. The third-order valence-corrected chi connectivity index (χ3v) is 10.5. The molecule has 0 radical (unpaired) electrons. The van der Waals surface area contributed by atoms with E-state index in [-0.39, 0.29) is 41.1 Å². The van der Waals surface area contributed by atoms with Gasteiger partial charge in [-0.25, -0.2) is 27.9 Å². The van der Waals surface area contributed by atoms with E-state index in [0.717, 1.165) is 27.4 Å². The van der Waals surface area contributed by atoms with Gasteiger partial charge in [0.05, 0.1) is 23.2 Å². The Morgan fingerprint density at radius 1 is 0.962 bits per heavy atom. The van der Waals surface area contributed by atoms with Crippen molar-refractivity contribution >= 4 is 66.7 Å². The van der Waals surface area contributed by atoms with E-state index >= 15 is 0 Å². The largest absolute Gasteiger partial charge is 0.465 e. The van der Waals surface area contributed by atoms with Crippen LogP contribution in [0.1, 0.15) is 24.2 Å². The first kappa shape index (κ1) is 35.8. The van der Waals surface area contributed by atoms with Gasteiger partial charge < -0.3 is 18.9 Å². The minimum atomic E-state index is -4.02. The molecule has 3 aromatic carbocycles. The Hall–Kier alpha value is -5.98. The van der Waals surface area contributed by atoms with Gasteiger partial charge in [0.1, 0.15) is 13.1 Å². The van der Waals surface area contributed by atoms with Gasteiger partial charge in [-0.2, -0.15) is 4.98 Å². The lowest BCUT2D eigenvalue weighted by Gasteiger charge is -2.22. The van der Waals surface area contributed by atoms with Crippen molar-refractivity contribution < 1.29 is 32.3 Å². The molecule has 6 rings (SSSR count). The van der Waals surface area contributed by atoms with Gasteiger partial charge in [0.15, 0.2) is 17.3 Å². The number of anilines is 1. The molecule has 3 aromatic heterocycles. The van der Waals surface area contributed by atoms with E-state index in [0.29, 0.717) is 10.2 Å². The Kier molecular flexibility index (Phi) is 11.0. The smallest absolute Gasteiger partial charge is 0.414 e. The topological polar surface area (TPSA) is 208 Å². The van der Waals surface area contributed by atoms with Crippen LogP contribution in [-0.2, 0) is 35.6 Å². The summed E-state index contributed by atoms with van der Waals surface area (Å²) in [5.41, 5.74) is 1.13. The third-order valence-electron chi connectivity index (χ3n) is 7.59. The van der Waals surface area contributed by atoms with Crippen LogP contribution in [0.15, 0.2) is 100 Å². The number of para-hydroxylation sites is 1. The third kappa shape index (κ3) is 8.48. The van der Waals surface area contributed by atoms with E-state index in [1.807, 2.05) is 60.7 Å². The minimum absolute atomic E-state index is 0.0708. The number of sulfonamides is 1. The number of nitrogens with one attached hydrogen (secondary N) is 3. The molecular formula is C34H32N8O8S2. The quantitative estimate of drug-likeness (QED) is 0.138. The summed E-state index contributed by atoms with van der Waals surface area (Å²) in [7, 11) is -4.02. The van der Waals surface area contributed by atoms with E-state index < -0.39 is 52.7 Å². The van der Waals surface area contributed by atoms with Crippen LogP contribution in [0.2, 0.25) is 0 Å². The molecule has 52 heavy (non-hydrogen) atoms. The van der Waals surface area contributed by atoms with Gasteiger partial charge in [-0.05, 0) is 30.2 Å². The number of amides is 2. The van der Waals surface area contributed by atoms with Gasteiger partial charge in [0, 0.05) is 13.1 Å². The number of aromatic nitrogens is 5. The number of ether oxygens (including phenoxy) is 2. The van der Waals surface area contributed by atoms with Gasteiger partial charge in [0.25, 0.3) is 15.6 Å². The van der Waals surface area contributed by atoms with Crippen molar-refractivity contribution in [2.75, 3.05) is 31.6 Å². The van der Waals surface area contributed by atoms with Crippen LogP contribution in [0.3, 0.4) is 0 Å². The molecular weight excluding hydrogens is 713 g/mol. The molecule has 0 aliphatic carbocycles. The highest BCUT2D eigenvalue weighted by Crippen LogP contribution is 2.27. The molecule has 0 unspecified atom stereocenters. The van der Waals surface area contributed by atoms with E-state index in [1.54, 1.807) is 31.2 Å². The average molecular weight is 745 g/mol. The molecule has 2 amide bonds. The Labute approximate surface area is 300 Å². The van der Waals surface area contributed by atoms with Crippen LogP contribution in [-0.4, -0.2) is 82.0 Å². The number of carbonyl (C=O) groups excluding carboxylic acids is 3. The fraction of sp³-hybridized carbons (Fsp3) is 0.206. The van der Waals surface area contributed by atoms with E-state index in [2.05, 4.69) is 30.0 Å². The molecule has 16 nitrogen and oxygen atoms in total. The highest BCUT2D eigenvalue weighted by molar-refractivity contribution is 7.91. The number of hydrogen-bond donors (Lipinski definition) is 3. The number of nitrogens with zero attached hydrogens (tertiary/aromatic N) is 5. The average Bonchev–Trinajstić information content (AvgIpc) is 3.76. The molecule has 6 aromatic rings. The number of rotatable bonds is 14. The summed E-state index contributed by atoms with van der Waals surface area (Å²) < 4.78 is 40.8. The first-order chi connectivity index (χ1) is 25.1. The number of hydrogen-bond acceptors (Lipinski definition) is 12. The monoisotopic (exact) mass is 744 g/mol. The van der Waals surface area contributed by atoms with Crippen molar-refractivity contribution in [1.82, 2.24) is 34.1 Å². The zero-order valence-electron chi connectivity index (χ0n) is 27.6. The number of benzene rings is 3. The molecule has 0 spiro atoms. The Bertz CT molecular complexity index is 2310. The Morgan fingerprint density at radius 2 is 1.63 bits per heavy atom. The first-order valence-corrected chi connectivity index (χ1v) is 18.2. The first-order valence-electron chi connectivity index (χ1n) is 15.9. The molecule has 0 saturated carbocycles. The number of imidazole rings is 1. The van der Waals surface area contributed by atoms with Gasteiger partial charge in [-0.15, -0.1) is 11.3 Å². The minimum Gasteiger partial charge on any atom is -0.465 e. The number of fused-ring (bicyclic) bond motifs is 2.